The number of ether oxygens (including phenoxy) is 1. The van der Waals surface area contributed by atoms with E-state index in [2.05, 4.69) is 10.6 Å². The fraction of sp³-hybridized carbons (Fsp3) is 0.292. The van der Waals surface area contributed by atoms with Gasteiger partial charge in [-0.1, -0.05) is 30.3 Å². The number of Topliss-reactive ketones (excluding diaryl/α,β-unsaturated/α-hetero) is 1. The van der Waals surface area contributed by atoms with Gasteiger partial charge in [-0.3, -0.25) is 14.4 Å². The molecule has 8 heteroatoms. The third-order valence-electron chi connectivity index (χ3n) is 5.89. The van der Waals surface area contributed by atoms with Gasteiger partial charge in [0.05, 0.1) is 11.0 Å². The van der Waals surface area contributed by atoms with Crippen LogP contribution >= 0.6 is 11.3 Å². The number of ketones is 1. The molecule has 0 saturated carbocycles. The third kappa shape index (κ3) is 4.37. The zero-order valence-electron chi connectivity index (χ0n) is 17.8. The minimum Gasteiger partial charge on any atom is -0.508 e. The second kappa shape index (κ2) is 8.72. The first kappa shape index (κ1) is 22.0. The Bertz CT molecular complexity index is 1140. The highest BCUT2D eigenvalue weighted by molar-refractivity contribution is 7.20. The number of phenols is 1. The van der Waals surface area contributed by atoms with E-state index < -0.39 is 23.6 Å². The van der Waals surface area contributed by atoms with Crippen LogP contribution in [-0.2, 0) is 20.7 Å². The topological polar surface area (TPSA) is 105 Å². The summed E-state index contributed by atoms with van der Waals surface area (Å²) in [5, 5.41) is 16.1. The molecule has 2 amide bonds. The molecule has 1 aliphatic rings. The number of fused-ring (bicyclic) bond motifs is 1. The van der Waals surface area contributed by atoms with E-state index in [0.29, 0.717) is 4.88 Å². The van der Waals surface area contributed by atoms with Gasteiger partial charge in [-0.15, -0.1) is 11.3 Å². The van der Waals surface area contributed by atoms with Crippen molar-refractivity contribution in [2.24, 2.45) is 0 Å². The van der Waals surface area contributed by atoms with Crippen molar-refractivity contribution in [2.45, 2.75) is 38.0 Å². The Hall–Kier alpha value is -3.23. The first-order valence-corrected chi connectivity index (χ1v) is 11.1. The summed E-state index contributed by atoms with van der Waals surface area (Å²) in [4.78, 5) is 39.1. The summed E-state index contributed by atoms with van der Waals surface area (Å²) in [6.07, 6.45) is -0.283. The molecule has 0 spiro atoms. The van der Waals surface area contributed by atoms with Crippen LogP contribution in [0.1, 0.15) is 29.1 Å². The third-order valence-corrected chi connectivity index (χ3v) is 7.00. The lowest BCUT2D eigenvalue weighted by Crippen LogP contribution is -2.60. The van der Waals surface area contributed by atoms with E-state index in [0.717, 1.165) is 15.6 Å². The van der Waals surface area contributed by atoms with Crippen molar-refractivity contribution in [3.63, 3.8) is 0 Å². The second-order valence-corrected chi connectivity index (χ2v) is 9.20. The number of thiophene rings is 1. The first-order valence-electron chi connectivity index (χ1n) is 10.3. The highest BCUT2D eigenvalue weighted by atomic mass is 32.1. The molecule has 2 aromatic carbocycles. The largest absolute Gasteiger partial charge is 0.508 e. The number of rotatable bonds is 6. The second-order valence-electron chi connectivity index (χ2n) is 8.11. The van der Waals surface area contributed by atoms with Crippen LogP contribution in [0.2, 0.25) is 0 Å². The van der Waals surface area contributed by atoms with Gasteiger partial charge in [0.1, 0.15) is 23.9 Å². The van der Waals surface area contributed by atoms with Crippen LogP contribution in [0.25, 0.3) is 10.1 Å². The molecule has 0 bridgehead atoms. The Morgan fingerprint density at radius 1 is 1.22 bits per heavy atom. The molecule has 3 unspecified atom stereocenters. The molecule has 7 nitrogen and oxygen atoms in total. The molecule has 1 aliphatic heterocycles. The van der Waals surface area contributed by atoms with Crippen molar-refractivity contribution >= 4 is 39.0 Å². The molecule has 0 radical (unpaired) electrons. The maximum Gasteiger partial charge on any atom is 0.262 e. The van der Waals surface area contributed by atoms with Gasteiger partial charge in [0.2, 0.25) is 5.91 Å². The monoisotopic (exact) mass is 452 g/mol. The molecule has 3 atom stereocenters. The van der Waals surface area contributed by atoms with Crippen molar-refractivity contribution in [2.75, 3.05) is 6.61 Å². The summed E-state index contributed by atoms with van der Waals surface area (Å²) in [5.41, 5.74) is -0.404. The molecule has 3 N–H and O–H groups in total. The number of hydrogen-bond donors (Lipinski definition) is 3. The summed E-state index contributed by atoms with van der Waals surface area (Å²) in [6.45, 7) is 3.31. The number of nitrogens with one attached hydrogen (secondary N) is 2. The molecular formula is C24H24N2O5S. The van der Waals surface area contributed by atoms with E-state index in [1.54, 1.807) is 32.0 Å². The van der Waals surface area contributed by atoms with E-state index in [1.807, 2.05) is 24.3 Å². The number of carbonyl (C=O) groups is 3. The highest BCUT2D eigenvalue weighted by Crippen LogP contribution is 2.26. The predicted molar refractivity (Wildman–Crippen MR) is 122 cm³/mol. The van der Waals surface area contributed by atoms with Crippen LogP contribution in [0.4, 0.5) is 0 Å². The van der Waals surface area contributed by atoms with Gasteiger partial charge < -0.3 is 20.5 Å². The van der Waals surface area contributed by atoms with Crippen molar-refractivity contribution < 1.29 is 24.2 Å². The molecule has 1 fully saturated rings. The highest BCUT2D eigenvalue weighted by Gasteiger charge is 2.47. The Labute approximate surface area is 189 Å². The standard InChI is InChI=1S/C24H24N2O5S/c1-14-24(2,21(28)13-31-14)26-22(29)18(11-15-7-9-17(27)10-8-15)25-23(30)20-12-16-5-3-4-6-19(16)32-20/h3-10,12,14,18,27H,11,13H2,1-2H3,(H,25,30)(H,26,29). The summed E-state index contributed by atoms with van der Waals surface area (Å²) in [6, 6.07) is 15.0. The number of hydrogen-bond acceptors (Lipinski definition) is 6. The average molecular weight is 453 g/mol. The lowest BCUT2D eigenvalue weighted by molar-refractivity contribution is -0.130. The van der Waals surface area contributed by atoms with Crippen molar-refractivity contribution in [1.82, 2.24) is 10.6 Å². The van der Waals surface area contributed by atoms with Gasteiger partial charge in [0, 0.05) is 11.1 Å². The Morgan fingerprint density at radius 3 is 2.59 bits per heavy atom. The summed E-state index contributed by atoms with van der Waals surface area (Å²) in [7, 11) is 0. The van der Waals surface area contributed by atoms with Gasteiger partial charge in [0.25, 0.3) is 5.91 Å². The number of amides is 2. The van der Waals surface area contributed by atoms with Crippen LogP contribution < -0.4 is 10.6 Å². The number of benzene rings is 2. The smallest absolute Gasteiger partial charge is 0.262 e. The number of aromatic hydroxyl groups is 1. The van der Waals surface area contributed by atoms with Crippen molar-refractivity contribution in [3.8, 4) is 5.75 Å². The van der Waals surface area contributed by atoms with Crippen LogP contribution in [0.3, 0.4) is 0 Å². The van der Waals surface area contributed by atoms with E-state index in [9.17, 15) is 19.5 Å². The molecule has 3 aromatic rings. The van der Waals surface area contributed by atoms with E-state index in [-0.39, 0.29) is 30.5 Å². The van der Waals surface area contributed by atoms with Gasteiger partial charge in [-0.2, -0.15) is 0 Å². The van der Waals surface area contributed by atoms with Crippen LogP contribution in [0, 0.1) is 0 Å². The lowest BCUT2D eigenvalue weighted by Gasteiger charge is -2.29. The normalized spacial score (nSPS) is 21.4. The first-order chi connectivity index (χ1) is 15.3. The minimum atomic E-state index is -1.16. The quantitative estimate of drug-likeness (QED) is 0.534. The van der Waals surface area contributed by atoms with Crippen molar-refractivity contribution in [1.29, 1.82) is 0 Å². The van der Waals surface area contributed by atoms with Crippen LogP contribution in [0.15, 0.2) is 54.6 Å². The Balaban J connectivity index is 1.57. The molecule has 32 heavy (non-hydrogen) atoms. The van der Waals surface area contributed by atoms with Gasteiger partial charge in [0.15, 0.2) is 5.78 Å². The fourth-order valence-electron chi connectivity index (χ4n) is 3.66. The zero-order valence-corrected chi connectivity index (χ0v) is 18.6. The summed E-state index contributed by atoms with van der Waals surface area (Å²) < 4.78 is 6.38. The number of phenolic OH excluding ortho intramolecular Hbond substituents is 1. The minimum absolute atomic E-state index is 0.0608. The van der Waals surface area contributed by atoms with Crippen LogP contribution in [-0.4, -0.2) is 47.0 Å². The molecule has 1 aromatic heterocycles. The predicted octanol–water partition coefficient (Wildman–Crippen LogP) is 2.81. The molecule has 0 aliphatic carbocycles. The lowest BCUT2D eigenvalue weighted by atomic mass is 9.92. The average Bonchev–Trinajstić information content (AvgIpc) is 3.32. The number of carbonyl (C=O) groups excluding carboxylic acids is 3. The fourth-order valence-corrected chi connectivity index (χ4v) is 4.62. The molecule has 4 rings (SSSR count). The van der Waals surface area contributed by atoms with E-state index in [4.69, 9.17) is 4.74 Å². The Kier molecular flexibility index (Phi) is 5.99. The maximum absolute atomic E-state index is 13.2. The van der Waals surface area contributed by atoms with Gasteiger partial charge in [-0.25, -0.2) is 0 Å². The molecular weight excluding hydrogens is 428 g/mol. The van der Waals surface area contributed by atoms with Crippen molar-refractivity contribution in [3.05, 3.63) is 65.0 Å². The summed E-state index contributed by atoms with van der Waals surface area (Å²) in [5.74, 6) is -0.935. The summed E-state index contributed by atoms with van der Waals surface area (Å²) >= 11 is 1.35. The van der Waals surface area contributed by atoms with Gasteiger partial charge in [-0.05, 0) is 49.1 Å². The molecule has 2 heterocycles. The Morgan fingerprint density at radius 2 is 1.94 bits per heavy atom. The van der Waals surface area contributed by atoms with Gasteiger partial charge >= 0.3 is 0 Å². The van der Waals surface area contributed by atoms with Crippen LogP contribution in [0.5, 0.6) is 5.75 Å². The zero-order chi connectivity index (χ0) is 22.9. The van der Waals surface area contributed by atoms with E-state index in [1.165, 1.54) is 23.5 Å². The van der Waals surface area contributed by atoms with E-state index >= 15 is 0 Å². The SMILES string of the molecule is CC1OCC(=O)C1(C)NC(=O)C(Cc1ccc(O)cc1)NC(=O)c1cc2ccccc2s1. The maximum atomic E-state index is 13.2. The molecule has 1 saturated heterocycles. The molecule has 166 valence electrons.